The minimum Gasteiger partial charge on any atom is -0.312 e. The van der Waals surface area contributed by atoms with E-state index in [-0.39, 0.29) is 0 Å². The normalized spacial score (nSPS) is 14.4. The van der Waals surface area contributed by atoms with Crippen LogP contribution >= 0.6 is 0 Å². The monoisotopic (exact) mass is 247 g/mol. The van der Waals surface area contributed by atoms with Gasteiger partial charge in [0.25, 0.3) is 0 Å². The van der Waals surface area contributed by atoms with Crippen LogP contribution in [0.5, 0.6) is 0 Å². The minimum absolute atomic E-state index is 0.613. The second-order valence-corrected chi connectivity index (χ2v) is 5.49. The van der Waals surface area contributed by atoms with E-state index in [0.717, 1.165) is 0 Å². The molecule has 0 bridgehead atoms. The van der Waals surface area contributed by atoms with Gasteiger partial charge in [0.2, 0.25) is 0 Å². The van der Waals surface area contributed by atoms with Crippen molar-refractivity contribution in [1.29, 1.82) is 0 Å². The van der Waals surface area contributed by atoms with Crippen LogP contribution in [-0.4, -0.2) is 12.1 Å². The number of unbranched alkanes of at least 4 members (excludes halogenated alkanes) is 2. The highest BCUT2D eigenvalue weighted by Gasteiger charge is 2.07. The highest BCUT2D eigenvalue weighted by Crippen LogP contribution is 2.07. The molecule has 0 aliphatic carbocycles. The van der Waals surface area contributed by atoms with E-state index >= 15 is 0 Å². The van der Waals surface area contributed by atoms with E-state index in [4.69, 9.17) is 0 Å². The zero-order valence-corrected chi connectivity index (χ0v) is 12.3. The van der Waals surface area contributed by atoms with Crippen LogP contribution in [0.25, 0.3) is 0 Å². The first kappa shape index (κ1) is 15.2. The highest BCUT2D eigenvalue weighted by molar-refractivity contribution is 5.14. The van der Waals surface area contributed by atoms with Gasteiger partial charge in [-0.05, 0) is 38.7 Å². The molecule has 1 aromatic rings. The molecule has 1 rings (SSSR count). The molecular formula is C17H29N. The van der Waals surface area contributed by atoms with Gasteiger partial charge in [-0.1, -0.05) is 56.5 Å². The lowest BCUT2D eigenvalue weighted by molar-refractivity contribution is 0.417. The summed E-state index contributed by atoms with van der Waals surface area (Å²) in [5.74, 6) is 0. The van der Waals surface area contributed by atoms with Crippen LogP contribution in [0.2, 0.25) is 0 Å². The molecule has 0 aliphatic rings. The zero-order valence-electron chi connectivity index (χ0n) is 12.3. The Kier molecular flexibility index (Phi) is 7.75. The first-order chi connectivity index (χ1) is 8.72. The van der Waals surface area contributed by atoms with E-state index in [1.807, 2.05) is 0 Å². The van der Waals surface area contributed by atoms with Gasteiger partial charge in [0, 0.05) is 12.1 Å². The van der Waals surface area contributed by atoms with E-state index in [0.29, 0.717) is 12.1 Å². The topological polar surface area (TPSA) is 12.0 Å². The van der Waals surface area contributed by atoms with Crippen LogP contribution in [0.15, 0.2) is 30.3 Å². The van der Waals surface area contributed by atoms with E-state index in [9.17, 15) is 0 Å². The van der Waals surface area contributed by atoms with Crippen molar-refractivity contribution in [1.82, 2.24) is 5.32 Å². The van der Waals surface area contributed by atoms with E-state index < -0.39 is 0 Å². The summed E-state index contributed by atoms with van der Waals surface area (Å²) in [4.78, 5) is 0. The third-order valence-electron chi connectivity index (χ3n) is 3.52. The Morgan fingerprint density at radius 1 is 0.944 bits per heavy atom. The standard InChI is InChI=1S/C17H29N/c1-4-5-7-10-15(2)18-16(3)13-14-17-11-8-6-9-12-17/h6,8-9,11-12,15-16,18H,4-5,7,10,13-14H2,1-3H3. The predicted molar refractivity (Wildman–Crippen MR) is 81.0 cm³/mol. The Labute approximate surface area is 113 Å². The molecule has 0 amide bonds. The van der Waals surface area contributed by atoms with Crippen molar-refractivity contribution in [3.63, 3.8) is 0 Å². The summed E-state index contributed by atoms with van der Waals surface area (Å²) in [6, 6.07) is 12.0. The molecular weight excluding hydrogens is 218 g/mol. The quantitative estimate of drug-likeness (QED) is 0.630. The molecule has 102 valence electrons. The van der Waals surface area contributed by atoms with Gasteiger partial charge in [-0.3, -0.25) is 0 Å². The largest absolute Gasteiger partial charge is 0.312 e. The average Bonchev–Trinajstić information content (AvgIpc) is 2.38. The first-order valence-electron chi connectivity index (χ1n) is 7.52. The summed E-state index contributed by atoms with van der Waals surface area (Å²) in [6.45, 7) is 6.88. The van der Waals surface area contributed by atoms with Crippen LogP contribution in [0.3, 0.4) is 0 Å². The summed E-state index contributed by atoms with van der Waals surface area (Å²) in [5.41, 5.74) is 1.45. The first-order valence-corrected chi connectivity index (χ1v) is 7.52. The van der Waals surface area contributed by atoms with Gasteiger partial charge in [0.1, 0.15) is 0 Å². The molecule has 0 aromatic heterocycles. The van der Waals surface area contributed by atoms with E-state index in [1.165, 1.54) is 44.1 Å². The third kappa shape index (κ3) is 6.80. The summed E-state index contributed by atoms with van der Waals surface area (Å²) >= 11 is 0. The lowest BCUT2D eigenvalue weighted by atomic mass is 10.0. The average molecular weight is 247 g/mol. The number of hydrogen-bond acceptors (Lipinski definition) is 1. The SMILES string of the molecule is CCCCCC(C)NC(C)CCc1ccccc1. The summed E-state index contributed by atoms with van der Waals surface area (Å²) in [7, 11) is 0. The predicted octanol–water partition coefficient (Wildman–Crippen LogP) is 4.57. The van der Waals surface area contributed by atoms with Crippen LogP contribution in [0, 0.1) is 0 Å². The fourth-order valence-corrected chi connectivity index (χ4v) is 2.38. The molecule has 0 spiro atoms. The zero-order chi connectivity index (χ0) is 13.2. The van der Waals surface area contributed by atoms with E-state index in [2.05, 4.69) is 56.4 Å². The smallest absolute Gasteiger partial charge is 0.00443 e. The van der Waals surface area contributed by atoms with Crippen molar-refractivity contribution in [2.75, 3.05) is 0 Å². The highest BCUT2D eigenvalue weighted by atomic mass is 14.9. The maximum atomic E-state index is 3.71. The van der Waals surface area contributed by atoms with Gasteiger partial charge in [-0.15, -0.1) is 0 Å². The molecule has 0 aliphatic heterocycles. The van der Waals surface area contributed by atoms with Gasteiger partial charge >= 0.3 is 0 Å². The van der Waals surface area contributed by atoms with Crippen molar-refractivity contribution in [3.8, 4) is 0 Å². The van der Waals surface area contributed by atoms with Crippen LogP contribution in [-0.2, 0) is 6.42 Å². The lowest BCUT2D eigenvalue weighted by Gasteiger charge is -2.20. The Bertz CT molecular complexity index is 294. The van der Waals surface area contributed by atoms with Crippen molar-refractivity contribution < 1.29 is 0 Å². The minimum atomic E-state index is 0.613. The Morgan fingerprint density at radius 2 is 1.61 bits per heavy atom. The van der Waals surface area contributed by atoms with Crippen molar-refractivity contribution in [2.24, 2.45) is 0 Å². The summed E-state index contributed by atoms with van der Waals surface area (Å²) in [6.07, 6.45) is 7.75. The second-order valence-electron chi connectivity index (χ2n) is 5.49. The molecule has 0 saturated heterocycles. The molecule has 1 aromatic carbocycles. The van der Waals surface area contributed by atoms with Crippen molar-refractivity contribution >= 4 is 0 Å². The van der Waals surface area contributed by atoms with Gasteiger partial charge in [-0.2, -0.15) is 0 Å². The number of hydrogen-bond donors (Lipinski definition) is 1. The van der Waals surface area contributed by atoms with Gasteiger partial charge < -0.3 is 5.32 Å². The fourth-order valence-electron chi connectivity index (χ4n) is 2.38. The second kappa shape index (κ2) is 9.16. The Balaban J connectivity index is 2.15. The number of rotatable bonds is 9. The van der Waals surface area contributed by atoms with Crippen LogP contribution < -0.4 is 5.32 Å². The molecule has 1 heteroatoms. The molecule has 2 unspecified atom stereocenters. The molecule has 0 heterocycles. The van der Waals surface area contributed by atoms with Crippen molar-refractivity contribution in [3.05, 3.63) is 35.9 Å². The summed E-state index contributed by atoms with van der Waals surface area (Å²) in [5, 5.41) is 3.71. The molecule has 0 saturated carbocycles. The van der Waals surface area contributed by atoms with Gasteiger partial charge in [-0.25, -0.2) is 0 Å². The molecule has 1 N–H and O–H groups in total. The Morgan fingerprint density at radius 3 is 2.28 bits per heavy atom. The van der Waals surface area contributed by atoms with Crippen LogP contribution in [0.1, 0.15) is 58.4 Å². The van der Waals surface area contributed by atoms with Gasteiger partial charge in [0.15, 0.2) is 0 Å². The maximum absolute atomic E-state index is 3.71. The number of nitrogens with one attached hydrogen (secondary N) is 1. The van der Waals surface area contributed by atoms with Crippen LogP contribution in [0.4, 0.5) is 0 Å². The molecule has 0 radical (unpaired) electrons. The summed E-state index contributed by atoms with van der Waals surface area (Å²) < 4.78 is 0. The van der Waals surface area contributed by atoms with Crippen molar-refractivity contribution in [2.45, 2.75) is 71.4 Å². The maximum Gasteiger partial charge on any atom is 0.00443 e. The molecule has 0 fully saturated rings. The molecule has 18 heavy (non-hydrogen) atoms. The molecule has 1 nitrogen and oxygen atoms in total. The fraction of sp³-hybridized carbons (Fsp3) is 0.647. The lowest BCUT2D eigenvalue weighted by Crippen LogP contribution is -2.34. The number of aryl methyl sites for hydroxylation is 1. The third-order valence-corrected chi connectivity index (χ3v) is 3.52. The molecule has 2 atom stereocenters. The number of benzene rings is 1. The Hall–Kier alpha value is -0.820. The van der Waals surface area contributed by atoms with E-state index in [1.54, 1.807) is 0 Å². The van der Waals surface area contributed by atoms with Gasteiger partial charge in [0.05, 0.1) is 0 Å².